The predicted octanol–water partition coefficient (Wildman–Crippen LogP) is 3.46. The standard InChI is InChI=1S/C24H24N2O5S2/c1-19-7-11-21(12-8-19)32(27,28)23(5-3-15-25)17-31-18-24(6-4-16-26)33(29,30)22-13-9-20(2)10-14-22/h3-14,23-24H,17-18H2,1-2H3. The van der Waals surface area contributed by atoms with Gasteiger partial charge in [0.15, 0.2) is 19.7 Å². The summed E-state index contributed by atoms with van der Waals surface area (Å²) in [6, 6.07) is 16.1. The molecule has 0 aromatic heterocycles. The van der Waals surface area contributed by atoms with E-state index in [1.54, 1.807) is 36.4 Å². The zero-order chi connectivity index (χ0) is 24.5. The Morgan fingerprint density at radius 3 is 1.36 bits per heavy atom. The van der Waals surface area contributed by atoms with Gasteiger partial charge in [0, 0.05) is 12.2 Å². The zero-order valence-corrected chi connectivity index (χ0v) is 19.9. The van der Waals surface area contributed by atoms with Gasteiger partial charge in [-0.2, -0.15) is 10.5 Å². The molecule has 0 N–H and O–H groups in total. The molecular weight excluding hydrogens is 460 g/mol. The smallest absolute Gasteiger partial charge is 0.187 e. The van der Waals surface area contributed by atoms with Crippen LogP contribution in [-0.2, 0) is 24.4 Å². The number of allylic oxidation sites excluding steroid dienone is 2. The van der Waals surface area contributed by atoms with Gasteiger partial charge in [0.25, 0.3) is 0 Å². The Morgan fingerprint density at radius 2 is 1.06 bits per heavy atom. The molecular formula is C24H24N2O5S2. The van der Waals surface area contributed by atoms with E-state index >= 15 is 0 Å². The summed E-state index contributed by atoms with van der Waals surface area (Å²) in [4.78, 5) is 0.134. The molecule has 0 aliphatic rings. The van der Waals surface area contributed by atoms with Crippen molar-refractivity contribution in [2.24, 2.45) is 0 Å². The zero-order valence-electron chi connectivity index (χ0n) is 18.2. The second-order valence-electron chi connectivity index (χ2n) is 7.31. The number of nitrogens with zero attached hydrogens (tertiary/aromatic N) is 2. The normalized spacial score (nSPS) is 14.1. The quantitative estimate of drug-likeness (QED) is 0.473. The molecule has 0 fully saturated rings. The van der Waals surface area contributed by atoms with Crippen LogP contribution >= 0.6 is 0 Å². The molecule has 2 aromatic rings. The number of rotatable bonds is 10. The van der Waals surface area contributed by atoms with Gasteiger partial charge in [0.1, 0.15) is 10.5 Å². The lowest BCUT2D eigenvalue weighted by Gasteiger charge is -2.18. The number of aryl methyl sites for hydroxylation is 2. The summed E-state index contributed by atoms with van der Waals surface area (Å²) in [5.41, 5.74) is 1.78. The fraction of sp³-hybridized carbons (Fsp3) is 0.250. The lowest BCUT2D eigenvalue weighted by atomic mass is 10.2. The average molecular weight is 485 g/mol. The molecule has 33 heavy (non-hydrogen) atoms. The van der Waals surface area contributed by atoms with Crippen LogP contribution in [0.5, 0.6) is 0 Å². The average Bonchev–Trinajstić information content (AvgIpc) is 2.78. The van der Waals surface area contributed by atoms with E-state index in [2.05, 4.69) is 0 Å². The first-order valence-corrected chi connectivity index (χ1v) is 13.0. The van der Waals surface area contributed by atoms with Gasteiger partial charge in [-0.1, -0.05) is 47.5 Å². The SMILES string of the molecule is Cc1ccc(S(=O)(=O)C(C=CC#N)COCC(C=CC#N)S(=O)(=O)c2ccc(C)cc2)cc1. The van der Waals surface area contributed by atoms with Gasteiger partial charge < -0.3 is 4.74 Å². The minimum Gasteiger partial charge on any atom is -0.378 e. The van der Waals surface area contributed by atoms with Gasteiger partial charge in [-0.05, 0) is 38.1 Å². The van der Waals surface area contributed by atoms with Gasteiger partial charge in [-0.25, -0.2) is 16.8 Å². The van der Waals surface area contributed by atoms with Crippen molar-refractivity contribution in [3.8, 4) is 12.1 Å². The fourth-order valence-electron chi connectivity index (χ4n) is 2.90. The molecule has 0 aliphatic heterocycles. The molecule has 9 heteroatoms. The minimum atomic E-state index is -3.88. The topological polar surface area (TPSA) is 125 Å². The van der Waals surface area contributed by atoms with E-state index in [1.807, 2.05) is 13.8 Å². The summed E-state index contributed by atoms with van der Waals surface area (Å²) in [6.45, 7) is 2.93. The van der Waals surface area contributed by atoms with E-state index in [0.29, 0.717) is 0 Å². The van der Waals surface area contributed by atoms with Crippen molar-refractivity contribution >= 4 is 19.7 Å². The summed E-state index contributed by atoms with van der Waals surface area (Å²) < 4.78 is 57.7. The van der Waals surface area contributed by atoms with Crippen LogP contribution in [0.25, 0.3) is 0 Å². The number of ether oxygens (including phenoxy) is 1. The monoisotopic (exact) mass is 484 g/mol. The Hall–Kier alpha value is -3.24. The molecule has 0 radical (unpaired) electrons. The maximum atomic E-state index is 13.0. The molecule has 2 unspecified atom stereocenters. The molecule has 0 aliphatic carbocycles. The number of nitriles is 2. The Labute approximate surface area is 195 Å². The van der Waals surface area contributed by atoms with E-state index in [-0.39, 0.29) is 23.0 Å². The molecule has 2 atom stereocenters. The number of sulfone groups is 2. The van der Waals surface area contributed by atoms with Crippen LogP contribution in [0.2, 0.25) is 0 Å². The molecule has 0 heterocycles. The van der Waals surface area contributed by atoms with Crippen LogP contribution in [0.15, 0.2) is 82.6 Å². The number of benzene rings is 2. The number of hydrogen-bond donors (Lipinski definition) is 0. The Kier molecular flexibility index (Phi) is 9.12. The highest BCUT2D eigenvalue weighted by molar-refractivity contribution is 7.92. The third kappa shape index (κ3) is 6.87. The third-order valence-electron chi connectivity index (χ3n) is 4.83. The van der Waals surface area contributed by atoms with Crippen molar-refractivity contribution in [3.05, 3.63) is 84.0 Å². The lowest BCUT2D eigenvalue weighted by Crippen LogP contribution is -2.30. The molecule has 172 valence electrons. The van der Waals surface area contributed by atoms with Crippen molar-refractivity contribution < 1.29 is 21.6 Å². The van der Waals surface area contributed by atoms with Crippen LogP contribution in [0.1, 0.15) is 11.1 Å². The van der Waals surface area contributed by atoms with Crippen molar-refractivity contribution in [2.75, 3.05) is 13.2 Å². The first kappa shape index (κ1) is 26.0. The maximum Gasteiger partial charge on any atom is 0.187 e. The molecule has 0 amide bonds. The highest BCUT2D eigenvalue weighted by atomic mass is 32.2. The first-order chi connectivity index (χ1) is 15.6. The summed E-state index contributed by atoms with van der Waals surface area (Å²) >= 11 is 0. The van der Waals surface area contributed by atoms with E-state index in [4.69, 9.17) is 15.3 Å². The van der Waals surface area contributed by atoms with Crippen LogP contribution in [0.3, 0.4) is 0 Å². The van der Waals surface area contributed by atoms with Gasteiger partial charge in [-0.3, -0.25) is 0 Å². The van der Waals surface area contributed by atoms with Crippen LogP contribution < -0.4 is 0 Å². The Balaban J connectivity index is 2.26. The molecule has 7 nitrogen and oxygen atoms in total. The molecule has 0 saturated heterocycles. The molecule has 2 aromatic carbocycles. The lowest BCUT2D eigenvalue weighted by molar-refractivity contribution is 0.146. The predicted molar refractivity (Wildman–Crippen MR) is 125 cm³/mol. The van der Waals surface area contributed by atoms with E-state index in [9.17, 15) is 16.8 Å². The Bertz CT molecular complexity index is 1190. The van der Waals surface area contributed by atoms with Crippen molar-refractivity contribution in [1.82, 2.24) is 0 Å². The fourth-order valence-corrected chi connectivity index (χ4v) is 5.76. The molecule has 0 bridgehead atoms. The highest BCUT2D eigenvalue weighted by Crippen LogP contribution is 2.21. The van der Waals surface area contributed by atoms with Crippen LogP contribution in [0, 0.1) is 36.5 Å². The van der Waals surface area contributed by atoms with E-state index in [1.165, 1.54) is 36.4 Å². The van der Waals surface area contributed by atoms with Crippen molar-refractivity contribution in [1.29, 1.82) is 10.5 Å². The molecule has 2 rings (SSSR count). The van der Waals surface area contributed by atoms with Gasteiger partial charge in [0.05, 0.1) is 35.1 Å². The second kappa shape index (κ2) is 11.6. The molecule has 0 spiro atoms. The highest BCUT2D eigenvalue weighted by Gasteiger charge is 2.29. The largest absolute Gasteiger partial charge is 0.378 e. The van der Waals surface area contributed by atoms with E-state index < -0.39 is 30.2 Å². The maximum absolute atomic E-state index is 13.0. The van der Waals surface area contributed by atoms with Crippen molar-refractivity contribution in [2.45, 2.75) is 34.1 Å². The van der Waals surface area contributed by atoms with E-state index in [0.717, 1.165) is 23.3 Å². The van der Waals surface area contributed by atoms with Gasteiger partial charge in [0.2, 0.25) is 0 Å². The summed E-state index contributed by atoms with van der Waals surface area (Å²) in [6.07, 6.45) is 4.53. The second-order valence-corrected chi connectivity index (χ2v) is 11.6. The molecule has 0 saturated carbocycles. The first-order valence-electron chi connectivity index (χ1n) is 9.94. The third-order valence-corrected chi connectivity index (χ3v) is 8.87. The van der Waals surface area contributed by atoms with Crippen molar-refractivity contribution in [3.63, 3.8) is 0 Å². The summed E-state index contributed by atoms with van der Waals surface area (Å²) in [5, 5.41) is 15.3. The van der Waals surface area contributed by atoms with Gasteiger partial charge >= 0.3 is 0 Å². The summed E-state index contributed by atoms with van der Waals surface area (Å²) in [5.74, 6) is 0. The number of hydrogen-bond acceptors (Lipinski definition) is 7. The minimum absolute atomic E-state index is 0.0671. The van der Waals surface area contributed by atoms with Crippen LogP contribution in [0.4, 0.5) is 0 Å². The summed E-state index contributed by atoms with van der Waals surface area (Å²) in [7, 11) is -7.76. The van der Waals surface area contributed by atoms with Gasteiger partial charge in [-0.15, -0.1) is 0 Å². The Morgan fingerprint density at radius 1 is 0.727 bits per heavy atom. The van der Waals surface area contributed by atoms with Crippen LogP contribution in [-0.4, -0.2) is 40.5 Å².